The third kappa shape index (κ3) is 15.8. The number of halogens is 2. The minimum atomic E-state index is -1.23. The molecule has 0 saturated heterocycles. The number of aliphatic carboxylic acids is 1. The number of benzene rings is 2. The highest BCUT2D eigenvalue weighted by Gasteiger charge is 2.25. The molecule has 3 amide bonds. The SMILES string of the molecule is CN(CC(C)(C)CO)C(=O)Cn1c(=O)c(C(=O)NCc2ccc(Cl)cc2)cc2ccc(N)nc21.CNCC(C)(C)CO.Nc1ccc2cc(C(=O)NCc3ccc(Cl)cc3)c(=O)n(CC(=O)O)c2n1. The van der Waals surface area contributed by atoms with E-state index in [9.17, 15) is 33.9 Å². The fraction of sp³-hybridized carbons (Fsp3) is 0.333. The van der Waals surface area contributed by atoms with Gasteiger partial charge in [0.25, 0.3) is 22.9 Å². The minimum absolute atomic E-state index is 0.0365. The summed E-state index contributed by atoms with van der Waals surface area (Å²) in [5.74, 6) is -2.47. The molecule has 0 aliphatic heterocycles. The van der Waals surface area contributed by atoms with Gasteiger partial charge in [-0.3, -0.25) is 37.9 Å². The lowest BCUT2D eigenvalue weighted by Gasteiger charge is -2.28. The summed E-state index contributed by atoms with van der Waals surface area (Å²) in [6, 6.07) is 23.0. The molecule has 0 atom stereocenters. The maximum absolute atomic E-state index is 13.3. The smallest absolute Gasteiger partial charge is 0.323 e. The second-order valence-electron chi connectivity index (χ2n) is 17.6. The fourth-order valence-corrected chi connectivity index (χ4v) is 6.86. The Hall–Kier alpha value is -6.90. The summed E-state index contributed by atoms with van der Waals surface area (Å²) in [5, 5.41) is 37.7. The van der Waals surface area contributed by atoms with E-state index in [2.05, 4.69) is 25.9 Å². The quantitative estimate of drug-likeness (QED) is 0.0683. The van der Waals surface area contributed by atoms with Crippen molar-refractivity contribution in [2.24, 2.45) is 10.8 Å². The molecule has 0 unspecified atom stereocenters. The number of aliphatic hydroxyl groups is 2. The number of nitrogens with one attached hydrogen (secondary N) is 3. The minimum Gasteiger partial charge on any atom is -0.480 e. The van der Waals surface area contributed by atoms with Crippen molar-refractivity contribution in [3.8, 4) is 0 Å². The molecule has 0 radical (unpaired) electrons. The maximum atomic E-state index is 13.3. The first-order valence-electron chi connectivity index (χ1n) is 21.5. The van der Waals surface area contributed by atoms with Crippen LogP contribution in [0.2, 0.25) is 10.0 Å². The third-order valence-corrected chi connectivity index (χ3v) is 10.8. The number of carboxylic acids is 1. The van der Waals surface area contributed by atoms with Crippen molar-refractivity contribution in [2.45, 2.75) is 53.9 Å². The van der Waals surface area contributed by atoms with E-state index in [4.69, 9.17) is 44.9 Å². The van der Waals surface area contributed by atoms with Gasteiger partial charge in [0.05, 0.1) is 0 Å². The van der Waals surface area contributed by atoms with Crippen molar-refractivity contribution >= 4 is 80.6 Å². The van der Waals surface area contributed by atoms with Crippen LogP contribution in [0.3, 0.4) is 0 Å². The predicted molar refractivity (Wildman–Crippen MR) is 267 cm³/mol. The third-order valence-electron chi connectivity index (χ3n) is 10.3. The Morgan fingerprint density at radius 3 is 1.43 bits per heavy atom. The van der Waals surface area contributed by atoms with Crippen LogP contribution in [0.4, 0.5) is 11.6 Å². The van der Waals surface area contributed by atoms with E-state index in [1.165, 1.54) is 23.1 Å². The van der Waals surface area contributed by atoms with E-state index in [0.29, 0.717) is 20.8 Å². The molecule has 19 nitrogen and oxygen atoms in total. The summed E-state index contributed by atoms with van der Waals surface area (Å²) in [5.41, 5.74) is 11.2. The summed E-state index contributed by atoms with van der Waals surface area (Å²) in [6.07, 6.45) is 0. The molecule has 0 bridgehead atoms. The number of carbonyl (C=O) groups is 4. The molecule has 4 aromatic heterocycles. The summed E-state index contributed by atoms with van der Waals surface area (Å²) in [6.45, 7) is 8.40. The molecule has 0 saturated carbocycles. The summed E-state index contributed by atoms with van der Waals surface area (Å²) >= 11 is 11.7. The van der Waals surface area contributed by atoms with Crippen LogP contribution in [0.25, 0.3) is 22.1 Å². The van der Waals surface area contributed by atoms with Crippen molar-refractivity contribution in [3.05, 3.63) is 138 Å². The van der Waals surface area contributed by atoms with Gasteiger partial charge in [-0.05, 0) is 78.8 Å². The van der Waals surface area contributed by atoms with Crippen LogP contribution in [0, 0.1) is 10.8 Å². The molecular formula is C48H58Cl2N10O9. The first-order chi connectivity index (χ1) is 32.5. The average molecular weight is 990 g/mol. The first-order valence-corrected chi connectivity index (χ1v) is 22.2. The van der Waals surface area contributed by atoms with Gasteiger partial charge in [0, 0.05) is 78.1 Å². The second-order valence-corrected chi connectivity index (χ2v) is 18.5. The molecule has 0 aliphatic carbocycles. The van der Waals surface area contributed by atoms with Crippen molar-refractivity contribution in [1.82, 2.24) is 40.0 Å². The number of hydrogen-bond acceptors (Lipinski definition) is 13. The van der Waals surface area contributed by atoms with Crippen molar-refractivity contribution < 1.29 is 34.5 Å². The molecule has 368 valence electrons. The zero-order valence-electron chi connectivity index (χ0n) is 39.2. The number of anilines is 2. The van der Waals surface area contributed by atoms with Gasteiger partial charge in [0.1, 0.15) is 47.1 Å². The molecule has 2 aromatic carbocycles. The lowest BCUT2D eigenvalue weighted by molar-refractivity contribution is -0.137. The maximum Gasteiger partial charge on any atom is 0.323 e. The van der Waals surface area contributed by atoms with E-state index >= 15 is 0 Å². The number of carboxylic acid groups (broad SMARTS) is 1. The van der Waals surface area contributed by atoms with Crippen LogP contribution >= 0.6 is 23.2 Å². The highest BCUT2D eigenvalue weighted by atomic mass is 35.5. The van der Waals surface area contributed by atoms with Gasteiger partial charge in [-0.25, -0.2) is 9.97 Å². The number of aliphatic hydroxyl groups excluding tert-OH is 2. The van der Waals surface area contributed by atoms with Gasteiger partial charge in [0.15, 0.2) is 0 Å². The Morgan fingerprint density at radius 1 is 0.667 bits per heavy atom. The van der Waals surface area contributed by atoms with Crippen molar-refractivity contribution in [3.63, 3.8) is 0 Å². The molecule has 0 aliphatic rings. The van der Waals surface area contributed by atoms with Crippen molar-refractivity contribution in [2.75, 3.05) is 51.9 Å². The number of hydrogen-bond donors (Lipinski definition) is 8. The predicted octanol–water partition coefficient (Wildman–Crippen LogP) is 3.91. The Balaban J connectivity index is 0.000000264. The van der Waals surface area contributed by atoms with Gasteiger partial charge in [0.2, 0.25) is 5.91 Å². The number of nitrogens with zero attached hydrogens (tertiary/aromatic N) is 5. The standard InChI is InChI=1S/C24H28ClN5O4.C18H15ClN4O4.C6H15NO/c1-24(2,14-31)13-29(3)20(32)12-30-21-16(6-9-19(26)28-21)10-18(23(30)34)22(33)27-11-15-4-7-17(25)8-5-15;19-12-4-1-10(2-5-12)8-21-17(26)13-7-11-3-6-14(20)22-16(11)23(18(13)27)9-15(24)25;1-6(2,5-8)4-7-3/h4-10,31H,11-14H2,1-3H3,(H2,26,28)(H,27,33);1-7H,8-9H2,(H2,20,22)(H,21,26)(H,24,25);7-8H,4-5H2,1-3H3. The average Bonchev–Trinajstić information content (AvgIpc) is 3.30. The highest BCUT2D eigenvalue weighted by Crippen LogP contribution is 2.19. The summed E-state index contributed by atoms with van der Waals surface area (Å²) < 4.78 is 2.08. The monoisotopic (exact) mass is 988 g/mol. The van der Waals surface area contributed by atoms with E-state index in [1.54, 1.807) is 73.8 Å². The van der Waals surface area contributed by atoms with Gasteiger partial charge in [-0.1, -0.05) is 75.2 Å². The molecule has 4 heterocycles. The van der Waals surface area contributed by atoms with Gasteiger partial charge in [-0.2, -0.15) is 0 Å². The number of likely N-dealkylation sites (N-methyl/N-ethyl adjacent to an activating group) is 1. The number of nitrogens with two attached hydrogens (primary N) is 2. The normalized spacial score (nSPS) is 11.2. The highest BCUT2D eigenvalue weighted by molar-refractivity contribution is 6.30. The zero-order chi connectivity index (χ0) is 51.2. The van der Waals surface area contributed by atoms with E-state index in [0.717, 1.165) is 26.8 Å². The molecule has 6 rings (SSSR count). The number of amides is 3. The molecule has 0 spiro atoms. The second kappa shape index (κ2) is 24.4. The molecule has 69 heavy (non-hydrogen) atoms. The van der Waals surface area contributed by atoms with Crippen LogP contribution in [0.1, 0.15) is 59.5 Å². The molecule has 0 fully saturated rings. The van der Waals surface area contributed by atoms with Crippen LogP contribution in [0.15, 0.2) is 94.5 Å². The molecule has 21 heteroatoms. The van der Waals surface area contributed by atoms with E-state index in [1.807, 2.05) is 34.7 Å². The summed E-state index contributed by atoms with van der Waals surface area (Å²) in [4.78, 5) is 85.1. The molecule has 6 aromatic rings. The Bertz CT molecular complexity index is 2910. The fourth-order valence-electron chi connectivity index (χ4n) is 6.61. The van der Waals surface area contributed by atoms with E-state index in [-0.39, 0.29) is 84.8 Å². The molecular weight excluding hydrogens is 931 g/mol. The van der Waals surface area contributed by atoms with Crippen LogP contribution in [-0.2, 0) is 35.8 Å². The largest absolute Gasteiger partial charge is 0.480 e. The lowest BCUT2D eigenvalue weighted by Crippen LogP contribution is -2.41. The Kier molecular flexibility index (Phi) is 19.3. The van der Waals surface area contributed by atoms with Crippen molar-refractivity contribution in [1.29, 1.82) is 0 Å². The Morgan fingerprint density at radius 2 is 1.07 bits per heavy atom. The number of aromatic nitrogens is 4. The van der Waals surface area contributed by atoms with Crippen LogP contribution in [0.5, 0.6) is 0 Å². The topological polar surface area (TPSA) is 290 Å². The Labute approximate surface area is 408 Å². The van der Waals surface area contributed by atoms with E-state index < -0.39 is 40.9 Å². The first kappa shape index (κ1) is 54.7. The number of fused-ring (bicyclic) bond motifs is 2. The van der Waals surface area contributed by atoms with Crippen LogP contribution < -0.4 is 38.5 Å². The molecule has 10 N–H and O–H groups in total. The number of nitrogen functional groups attached to an aromatic ring is 2. The van der Waals surface area contributed by atoms with Gasteiger partial charge in [-0.15, -0.1) is 0 Å². The number of rotatable bonds is 16. The van der Waals surface area contributed by atoms with Gasteiger partial charge < -0.3 is 47.6 Å². The van der Waals surface area contributed by atoms with Crippen LogP contribution in [-0.4, -0.2) is 103 Å². The zero-order valence-corrected chi connectivity index (χ0v) is 40.7. The number of carbonyl (C=O) groups excluding carboxylic acids is 3. The summed E-state index contributed by atoms with van der Waals surface area (Å²) in [7, 11) is 3.48. The van der Waals surface area contributed by atoms with Gasteiger partial charge >= 0.3 is 5.97 Å². The number of pyridine rings is 4. The lowest BCUT2D eigenvalue weighted by atomic mass is 9.94.